The molecule has 1 aliphatic rings. The van der Waals surface area contributed by atoms with Crippen LogP contribution in [0.1, 0.15) is 15.3 Å². The molecule has 2 nitrogen and oxygen atoms in total. The molecular formula is C19H24N2S. The number of hydrogen-bond donors (Lipinski definition) is 0. The third-order valence-corrected chi connectivity index (χ3v) is 5.10. The third kappa shape index (κ3) is 4.54. The van der Waals surface area contributed by atoms with Crippen LogP contribution in [-0.4, -0.2) is 42.5 Å². The van der Waals surface area contributed by atoms with Gasteiger partial charge in [-0.15, -0.1) is 11.3 Å². The average Bonchev–Trinajstić information content (AvgIpc) is 2.95. The van der Waals surface area contributed by atoms with Crippen molar-refractivity contribution < 1.29 is 0 Å². The van der Waals surface area contributed by atoms with Gasteiger partial charge in [-0.05, 0) is 24.6 Å². The smallest absolute Gasteiger partial charge is 0.0329 e. The molecule has 0 aliphatic carbocycles. The van der Waals surface area contributed by atoms with Crippen LogP contribution in [0.2, 0.25) is 0 Å². The minimum absolute atomic E-state index is 1.06. The van der Waals surface area contributed by atoms with E-state index >= 15 is 0 Å². The molecule has 0 amide bonds. The molecule has 1 aromatic carbocycles. The van der Waals surface area contributed by atoms with Crippen molar-refractivity contribution >= 4 is 17.4 Å². The molecule has 22 heavy (non-hydrogen) atoms. The molecule has 1 saturated heterocycles. The molecule has 0 saturated carbocycles. The summed E-state index contributed by atoms with van der Waals surface area (Å²) in [6.07, 6.45) is 4.51. The Morgan fingerprint density at radius 1 is 0.955 bits per heavy atom. The van der Waals surface area contributed by atoms with Crippen molar-refractivity contribution in [3.63, 3.8) is 0 Å². The fourth-order valence-electron chi connectivity index (χ4n) is 2.82. The van der Waals surface area contributed by atoms with E-state index in [1.807, 2.05) is 11.3 Å². The van der Waals surface area contributed by atoms with Crippen LogP contribution >= 0.6 is 11.3 Å². The summed E-state index contributed by atoms with van der Waals surface area (Å²) in [6.45, 7) is 9.05. The number of hydrogen-bond acceptors (Lipinski definition) is 3. The van der Waals surface area contributed by atoms with Gasteiger partial charge >= 0.3 is 0 Å². The second kappa shape index (κ2) is 7.73. The van der Waals surface area contributed by atoms with Gasteiger partial charge in [0.1, 0.15) is 0 Å². The second-order valence-corrected chi connectivity index (χ2v) is 7.27. The van der Waals surface area contributed by atoms with Crippen molar-refractivity contribution in [2.24, 2.45) is 0 Å². The molecule has 1 aromatic heterocycles. The van der Waals surface area contributed by atoms with Crippen molar-refractivity contribution in [2.45, 2.75) is 13.5 Å². The van der Waals surface area contributed by atoms with Gasteiger partial charge in [-0.2, -0.15) is 0 Å². The molecule has 1 fully saturated rings. The lowest BCUT2D eigenvalue weighted by Crippen LogP contribution is -2.45. The zero-order valence-electron chi connectivity index (χ0n) is 13.2. The van der Waals surface area contributed by atoms with Gasteiger partial charge in [0.2, 0.25) is 0 Å². The maximum absolute atomic E-state index is 2.57. The minimum atomic E-state index is 1.06. The fraction of sp³-hybridized carbons (Fsp3) is 0.368. The number of nitrogens with zero attached hydrogens (tertiary/aromatic N) is 2. The van der Waals surface area contributed by atoms with Crippen LogP contribution in [0.25, 0.3) is 6.08 Å². The van der Waals surface area contributed by atoms with E-state index in [0.717, 1.165) is 13.1 Å². The van der Waals surface area contributed by atoms with Crippen LogP contribution in [0.3, 0.4) is 0 Å². The summed E-state index contributed by atoms with van der Waals surface area (Å²) in [5.74, 6) is 0. The van der Waals surface area contributed by atoms with E-state index in [0.29, 0.717) is 0 Å². The van der Waals surface area contributed by atoms with Gasteiger partial charge in [0.25, 0.3) is 0 Å². The highest BCUT2D eigenvalue weighted by Gasteiger charge is 2.16. The quantitative estimate of drug-likeness (QED) is 0.826. The number of rotatable bonds is 5. The molecule has 0 spiro atoms. The first-order chi connectivity index (χ1) is 10.8. The topological polar surface area (TPSA) is 6.48 Å². The summed E-state index contributed by atoms with van der Waals surface area (Å²) < 4.78 is 0. The monoisotopic (exact) mass is 312 g/mol. The molecule has 0 unspecified atom stereocenters. The van der Waals surface area contributed by atoms with Gasteiger partial charge in [0.15, 0.2) is 0 Å². The third-order valence-electron chi connectivity index (χ3n) is 4.11. The Morgan fingerprint density at radius 2 is 1.68 bits per heavy atom. The maximum Gasteiger partial charge on any atom is 0.0329 e. The zero-order chi connectivity index (χ0) is 15.2. The summed E-state index contributed by atoms with van der Waals surface area (Å²) in [6, 6.07) is 15.0. The Hall–Kier alpha value is -1.42. The summed E-state index contributed by atoms with van der Waals surface area (Å²) in [5, 5.41) is 0. The van der Waals surface area contributed by atoms with E-state index in [9.17, 15) is 0 Å². The lowest BCUT2D eigenvalue weighted by atomic mass is 10.2. The minimum Gasteiger partial charge on any atom is -0.297 e. The largest absolute Gasteiger partial charge is 0.297 e. The molecule has 2 heterocycles. The van der Waals surface area contributed by atoms with Crippen molar-refractivity contribution in [1.29, 1.82) is 0 Å². The molecule has 1 aliphatic heterocycles. The Kier molecular flexibility index (Phi) is 5.43. The lowest BCUT2D eigenvalue weighted by Gasteiger charge is -2.33. The summed E-state index contributed by atoms with van der Waals surface area (Å²) in [4.78, 5) is 8.02. The zero-order valence-corrected chi connectivity index (χ0v) is 14.1. The predicted molar refractivity (Wildman–Crippen MR) is 96.2 cm³/mol. The first kappa shape index (κ1) is 15.5. The first-order valence-electron chi connectivity index (χ1n) is 8.01. The van der Waals surface area contributed by atoms with Gasteiger partial charge < -0.3 is 0 Å². The van der Waals surface area contributed by atoms with Gasteiger partial charge in [0.05, 0.1) is 0 Å². The van der Waals surface area contributed by atoms with Crippen LogP contribution in [0, 0.1) is 6.92 Å². The highest BCUT2D eigenvalue weighted by atomic mass is 32.1. The molecule has 0 atom stereocenters. The highest BCUT2D eigenvalue weighted by Crippen LogP contribution is 2.18. The Balaban J connectivity index is 1.41. The second-order valence-electron chi connectivity index (χ2n) is 5.90. The summed E-state index contributed by atoms with van der Waals surface area (Å²) in [7, 11) is 0. The van der Waals surface area contributed by atoms with Crippen LogP contribution in [0.5, 0.6) is 0 Å². The van der Waals surface area contributed by atoms with Crippen LogP contribution < -0.4 is 0 Å². The Morgan fingerprint density at radius 3 is 2.36 bits per heavy atom. The van der Waals surface area contributed by atoms with Gasteiger partial charge in [-0.25, -0.2) is 0 Å². The van der Waals surface area contributed by atoms with E-state index in [4.69, 9.17) is 0 Å². The van der Waals surface area contributed by atoms with Crippen LogP contribution in [0.4, 0.5) is 0 Å². The normalized spacial score (nSPS) is 17.3. The van der Waals surface area contributed by atoms with Crippen molar-refractivity contribution in [1.82, 2.24) is 9.80 Å². The van der Waals surface area contributed by atoms with Gasteiger partial charge in [-0.3, -0.25) is 9.80 Å². The molecule has 0 N–H and O–H groups in total. The van der Waals surface area contributed by atoms with Crippen molar-refractivity contribution in [2.75, 3.05) is 32.7 Å². The SMILES string of the molecule is Cc1ccc(CN2CCN(C/C=C\c3ccccc3)CC2)s1. The average molecular weight is 312 g/mol. The maximum atomic E-state index is 2.57. The Bertz CT molecular complexity index is 595. The predicted octanol–water partition coefficient (Wildman–Crippen LogP) is 3.89. The van der Waals surface area contributed by atoms with Gasteiger partial charge in [0, 0.05) is 49.0 Å². The van der Waals surface area contributed by atoms with E-state index in [1.165, 1.54) is 41.5 Å². The number of thiophene rings is 1. The van der Waals surface area contributed by atoms with Crippen molar-refractivity contribution in [3.8, 4) is 0 Å². The van der Waals surface area contributed by atoms with Crippen molar-refractivity contribution in [3.05, 3.63) is 63.9 Å². The molecule has 116 valence electrons. The molecular weight excluding hydrogens is 288 g/mol. The van der Waals surface area contributed by atoms with E-state index in [-0.39, 0.29) is 0 Å². The fourth-order valence-corrected chi connectivity index (χ4v) is 3.76. The lowest BCUT2D eigenvalue weighted by molar-refractivity contribution is 0.138. The number of piperazine rings is 1. The Labute approximate surface area is 137 Å². The number of aryl methyl sites for hydroxylation is 1. The van der Waals surface area contributed by atoms with Crippen LogP contribution in [-0.2, 0) is 6.54 Å². The molecule has 2 aromatic rings. The standard InChI is InChI=1S/C19H24N2S/c1-17-9-10-19(22-17)16-21-14-12-20(13-15-21)11-5-8-18-6-3-2-4-7-18/h2-10H,11-16H2,1H3/b8-5-. The molecule has 3 heteroatoms. The molecule has 3 rings (SSSR count). The van der Waals surface area contributed by atoms with Gasteiger partial charge in [-0.1, -0.05) is 42.5 Å². The van der Waals surface area contributed by atoms with E-state index in [1.54, 1.807) is 0 Å². The highest BCUT2D eigenvalue weighted by molar-refractivity contribution is 7.11. The summed E-state index contributed by atoms with van der Waals surface area (Å²) >= 11 is 1.93. The molecule has 0 bridgehead atoms. The molecule has 0 radical (unpaired) electrons. The number of benzene rings is 1. The first-order valence-corrected chi connectivity index (χ1v) is 8.83. The van der Waals surface area contributed by atoms with E-state index < -0.39 is 0 Å². The summed E-state index contributed by atoms with van der Waals surface area (Å²) in [5.41, 5.74) is 1.29. The van der Waals surface area contributed by atoms with E-state index in [2.05, 4.69) is 71.3 Å². The van der Waals surface area contributed by atoms with Crippen LogP contribution in [0.15, 0.2) is 48.5 Å².